The lowest BCUT2D eigenvalue weighted by molar-refractivity contribution is -0.109. The lowest BCUT2D eigenvalue weighted by Gasteiger charge is -2.10. The van der Waals surface area contributed by atoms with Gasteiger partial charge in [0.15, 0.2) is 0 Å². The maximum Gasteiger partial charge on any atom is 0.258 e. The predicted molar refractivity (Wildman–Crippen MR) is 109 cm³/mol. The first-order valence-corrected chi connectivity index (χ1v) is 10.4. The van der Waals surface area contributed by atoms with Gasteiger partial charge in [0, 0.05) is 5.92 Å². The zero-order valence-corrected chi connectivity index (χ0v) is 16.4. The second kappa shape index (κ2) is 9.91. The number of sulfonamides is 1. The lowest BCUT2D eigenvalue weighted by atomic mass is 9.95. The number of nitrogens with zero attached hydrogens (tertiary/aromatic N) is 1. The molecule has 3 rings (SSSR count). The van der Waals surface area contributed by atoms with Crippen molar-refractivity contribution in [1.82, 2.24) is 9.97 Å². The van der Waals surface area contributed by atoms with Gasteiger partial charge in [-0.05, 0) is 36.2 Å². The summed E-state index contributed by atoms with van der Waals surface area (Å²) in [7, 11) is -3.66. The van der Waals surface area contributed by atoms with Crippen molar-refractivity contribution in [1.29, 1.82) is 0 Å². The number of H-pyrrole nitrogens is 1. The number of carbonyl (C=O) groups is 1. The highest BCUT2D eigenvalue weighted by Crippen LogP contribution is 2.21. The number of aromatic amines is 1. The monoisotopic (exact) mass is 401 g/mol. The lowest BCUT2D eigenvalue weighted by Crippen LogP contribution is -2.12. The van der Waals surface area contributed by atoms with E-state index in [1.165, 1.54) is 18.5 Å². The third-order valence-corrected chi connectivity index (χ3v) is 5.15. The summed E-state index contributed by atoms with van der Waals surface area (Å²) in [6, 6.07) is 13.4. The molecule has 0 saturated carbocycles. The zero-order valence-electron chi connectivity index (χ0n) is 15.5. The second-order valence-electron chi connectivity index (χ2n) is 6.25. The number of hydrogen-bond acceptors (Lipinski definition) is 5. The van der Waals surface area contributed by atoms with Gasteiger partial charge in [-0.25, -0.2) is 18.5 Å². The fraction of sp³-hybridized carbons (Fsp3) is 0.250. The highest BCUT2D eigenvalue weighted by Gasteiger charge is 2.12. The Balaban J connectivity index is 0.000000218. The van der Waals surface area contributed by atoms with E-state index >= 15 is 0 Å². The molecule has 0 amide bonds. The van der Waals surface area contributed by atoms with Gasteiger partial charge in [0.2, 0.25) is 10.0 Å². The van der Waals surface area contributed by atoms with Crippen LogP contribution in [0.5, 0.6) is 0 Å². The molecule has 28 heavy (non-hydrogen) atoms. The van der Waals surface area contributed by atoms with E-state index in [-0.39, 0.29) is 16.4 Å². The van der Waals surface area contributed by atoms with Crippen LogP contribution in [0.1, 0.15) is 37.7 Å². The number of primary sulfonamides is 1. The molecule has 1 unspecified atom stereocenters. The Bertz CT molecular complexity index is 1070. The van der Waals surface area contributed by atoms with E-state index in [0.29, 0.717) is 5.39 Å². The highest BCUT2D eigenvalue weighted by molar-refractivity contribution is 7.89. The van der Waals surface area contributed by atoms with Crippen LogP contribution in [0.4, 0.5) is 0 Å². The second-order valence-corrected chi connectivity index (χ2v) is 7.81. The predicted octanol–water partition coefficient (Wildman–Crippen LogP) is 2.73. The minimum Gasteiger partial charge on any atom is -0.313 e. The Hall–Kier alpha value is -2.84. The number of fused-ring (bicyclic) bond motifs is 1. The molecule has 0 aliphatic heterocycles. The molecule has 8 heteroatoms. The molecule has 0 saturated heterocycles. The Kier molecular flexibility index (Phi) is 7.60. The minimum absolute atomic E-state index is 0.0707. The standard InChI is InChI=1S/C12H17NO3S.C8H6N2O/c1-2-3-4-11(9-14)10-5-7-12(8-6-10)17(13,15)16;11-8-6-3-1-2-4-7(6)9-5-10-8/h5-9,11H,2-4H2,1H3,(H2,13,15,16);1-5H,(H,9,10,11). The van der Waals surface area contributed by atoms with Crippen LogP contribution in [0.25, 0.3) is 10.9 Å². The molecule has 0 fully saturated rings. The Labute approximate surface area is 163 Å². The molecule has 3 N–H and O–H groups in total. The molecule has 1 aromatic heterocycles. The number of hydrogen-bond donors (Lipinski definition) is 2. The Morgan fingerprint density at radius 3 is 2.39 bits per heavy atom. The normalized spacial score (nSPS) is 12.1. The van der Waals surface area contributed by atoms with E-state index in [1.807, 2.05) is 18.2 Å². The molecule has 1 heterocycles. The molecule has 148 valence electrons. The first-order chi connectivity index (χ1) is 13.4. The summed E-state index contributed by atoms with van der Waals surface area (Å²) in [5.41, 5.74) is 1.48. The number of benzene rings is 2. The summed E-state index contributed by atoms with van der Waals surface area (Å²) in [4.78, 5) is 28.6. The number of aldehydes is 1. The first-order valence-electron chi connectivity index (χ1n) is 8.87. The molecule has 0 aliphatic rings. The maximum atomic E-state index is 11.1. The largest absolute Gasteiger partial charge is 0.313 e. The van der Waals surface area contributed by atoms with Crippen molar-refractivity contribution in [2.24, 2.45) is 5.14 Å². The van der Waals surface area contributed by atoms with Crippen molar-refractivity contribution in [3.05, 3.63) is 70.8 Å². The van der Waals surface area contributed by atoms with Crippen molar-refractivity contribution in [2.75, 3.05) is 0 Å². The van der Waals surface area contributed by atoms with Gasteiger partial charge in [-0.2, -0.15) is 0 Å². The van der Waals surface area contributed by atoms with Crippen LogP contribution in [0.2, 0.25) is 0 Å². The van der Waals surface area contributed by atoms with Gasteiger partial charge in [-0.15, -0.1) is 0 Å². The number of nitrogens with one attached hydrogen (secondary N) is 1. The van der Waals surface area contributed by atoms with Crippen molar-refractivity contribution in [3.8, 4) is 0 Å². The molecule has 0 radical (unpaired) electrons. The molecular formula is C20H23N3O4S. The quantitative estimate of drug-likeness (QED) is 0.615. The number of carbonyl (C=O) groups excluding carboxylic acids is 1. The van der Waals surface area contributed by atoms with Crippen LogP contribution in [0.3, 0.4) is 0 Å². The first kappa shape index (κ1) is 21.5. The van der Waals surface area contributed by atoms with Crippen molar-refractivity contribution in [3.63, 3.8) is 0 Å². The van der Waals surface area contributed by atoms with Gasteiger partial charge in [-0.1, -0.05) is 44.0 Å². The third kappa shape index (κ3) is 5.83. The Morgan fingerprint density at radius 2 is 1.82 bits per heavy atom. The smallest absolute Gasteiger partial charge is 0.258 e. The summed E-state index contributed by atoms with van der Waals surface area (Å²) in [5.74, 6) is -0.163. The van der Waals surface area contributed by atoms with E-state index in [0.717, 1.165) is 36.6 Å². The molecule has 3 aromatic rings. The van der Waals surface area contributed by atoms with E-state index in [1.54, 1.807) is 18.2 Å². The summed E-state index contributed by atoms with van der Waals surface area (Å²) in [6.45, 7) is 2.06. The topological polar surface area (TPSA) is 123 Å². The molecule has 7 nitrogen and oxygen atoms in total. The maximum absolute atomic E-state index is 11.1. The van der Waals surface area contributed by atoms with E-state index in [4.69, 9.17) is 5.14 Å². The summed E-state index contributed by atoms with van der Waals surface area (Å²) < 4.78 is 22.1. The summed E-state index contributed by atoms with van der Waals surface area (Å²) in [5, 5.41) is 5.63. The number of unbranched alkanes of at least 4 members (excludes halogenated alkanes) is 1. The van der Waals surface area contributed by atoms with Crippen LogP contribution < -0.4 is 10.7 Å². The molecule has 0 bridgehead atoms. The van der Waals surface area contributed by atoms with Crippen LogP contribution in [-0.4, -0.2) is 24.7 Å². The van der Waals surface area contributed by atoms with Gasteiger partial charge >= 0.3 is 0 Å². The number of para-hydroxylation sites is 1. The van der Waals surface area contributed by atoms with Crippen LogP contribution >= 0.6 is 0 Å². The minimum atomic E-state index is -3.66. The van der Waals surface area contributed by atoms with E-state index in [9.17, 15) is 18.0 Å². The highest BCUT2D eigenvalue weighted by atomic mass is 32.2. The van der Waals surface area contributed by atoms with Crippen LogP contribution in [-0.2, 0) is 14.8 Å². The molecule has 1 atom stereocenters. The average Bonchev–Trinajstić information content (AvgIpc) is 2.69. The number of nitrogens with two attached hydrogens (primary N) is 1. The summed E-state index contributed by atoms with van der Waals surface area (Å²) in [6.07, 6.45) is 5.10. The van der Waals surface area contributed by atoms with Gasteiger partial charge in [0.1, 0.15) is 6.29 Å². The van der Waals surface area contributed by atoms with Gasteiger partial charge in [-0.3, -0.25) is 4.79 Å². The van der Waals surface area contributed by atoms with Crippen molar-refractivity contribution >= 4 is 27.2 Å². The summed E-state index contributed by atoms with van der Waals surface area (Å²) >= 11 is 0. The Morgan fingerprint density at radius 1 is 1.14 bits per heavy atom. The van der Waals surface area contributed by atoms with E-state index < -0.39 is 10.0 Å². The average molecular weight is 401 g/mol. The van der Waals surface area contributed by atoms with Gasteiger partial charge < -0.3 is 9.78 Å². The number of aromatic nitrogens is 2. The van der Waals surface area contributed by atoms with Gasteiger partial charge in [0.05, 0.1) is 22.1 Å². The number of rotatable bonds is 6. The molecule has 2 aromatic carbocycles. The van der Waals surface area contributed by atoms with Crippen LogP contribution in [0.15, 0.2) is 64.5 Å². The van der Waals surface area contributed by atoms with Crippen molar-refractivity contribution < 1.29 is 13.2 Å². The zero-order chi connectivity index (χ0) is 20.6. The molecule has 0 spiro atoms. The van der Waals surface area contributed by atoms with Crippen LogP contribution in [0, 0.1) is 0 Å². The van der Waals surface area contributed by atoms with Crippen molar-refractivity contribution in [2.45, 2.75) is 37.0 Å². The molecular weight excluding hydrogens is 378 g/mol. The fourth-order valence-corrected chi connectivity index (χ4v) is 3.17. The van der Waals surface area contributed by atoms with Gasteiger partial charge in [0.25, 0.3) is 5.56 Å². The fourth-order valence-electron chi connectivity index (χ4n) is 2.66. The van der Waals surface area contributed by atoms with E-state index in [2.05, 4.69) is 16.9 Å². The molecule has 0 aliphatic carbocycles. The third-order valence-electron chi connectivity index (χ3n) is 4.22. The SMILES string of the molecule is CCCCC(C=O)c1ccc(S(N)(=O)=O)cc1.O=c1[nH]cnc2ccccc12.